The van der Waals surface area contributed by atoms with Gasteiger partial charge in [0, 0.05) is 5.56 Å². The molecule has 3 rings (SSSR count). The predicted octanol–water partition coefficient (Wildman–Crippen LogP) is 5.05. The molecule has 2 heteroatoms. The molecule has 0 heterocycles. The molecule has 2 nitrogen and oxygen atoms in total. The van der Waals surface area contributed by atoms with Crippen LogP contribution in [0.25, 0.3) is 11.1 Å². The summed E-state index contributed by atoms with van der Waals surface area (Å²) < 4.78 is 5.87. The SMILES string of the molecule is Cc1ccc(C=O)c(-c2cccc(OCc3ccccc3)c2)c1. The Morgan fingerprint density at radius 2 is 1.74 bits per heavy atom. The highest BCUT2D eigenvalue weighted by Gasteiger charge is 2.06. The first-order chi connectivity index (χ1) is 11.3. The van der Waals surface area contributed by atoms with Crippen LogP contribution in [0, 0.1) is 6.92 Å². The molecule has 23 heavy (non-hydrogen) atoms. The van der Waals surface area contributed by atoms with Crippen LogP contribution in [0.2, 0.25) is 0 Å². The Bertz CT molecular complexity index is 807. The fourth-order valence-electron chi connectivity index (χ4n) is 2.52. The van der Waals surface area contributed by atoms with Crippen molar-refractivity contribution in [3.8, 4) is 16.9 Å². The highest BCUT2D eigenvalue weighted by Crippen LogP contribution is 2.27. The zero-order valence-corrected chi connectivity index (χ0v) is 13.0. The van der Waals surface area contributed by atoms with Crippen molar-refractivity contribution in [3.05, 3.63) is 89.5 Å². The summed E-state index contributed by atoms with van der Waals surface area (Å²) in [7, 11) is 0. The van der Waals surface area contributed by atoms with Crippen molar-refractivity contribution in [2.75, 3.05) is 0 Å². The molecule has 0 aliphatic heterocycles. The van der Waals surface area contributed by atoms with Crippen molar-refractivity contribution in [2.24, 2.45) is 0 Å². The molecule has 0 saturated carbocycles. The first-order valence-electron chi connectivity index (χ1n) is 7.59. The van der Waals surface area contributed by atoms with E-state index in [0.29, 0.717) is 12.2 Å². The first-order valence-corrected chi connectivity index (χ1v) is 7.59. The summed E-state index contributed by atoms with van der Waals surface area (Å²) in [5.74, 6) is 0.796. The predicted molar refractivity (Wildman–Crippen MR) is 92.8 cm³/mol. The summed E-state index contributed by atoms with van der Waals surface area (Å²) in [5.41, 5.74) is 4.87. The molecule has 0 aromatic heterocycles. The van der Waals surface area contributed by atoms with Crippen LogP contribution in [-0.2, 0) is 6.61 Å². The highest BCUT2D eigenvalue weighted by atomic mass is 16.5. The lowest BCUT2D eigenvalue weighted by atomic mass is 9.98. The van der Waals surface area contributed by atoms with Crippen molar-refractivity contribution in [2.45, 2.75) is 13.5 Å². The summed E-state index contributed by atoms with van der Waals surface area (Å²) in [6, 6.07) is 23.7. The molecule has 0 N–H and O–H groups in total. The van der Waals surface area contributed by atoms with Gasteiger partial charge in [-0.2, -0.15) is 0 Å². The molecule has 0 radical (unpaired) electrons. The number of carbonyl (C=O) groups is 1. The fourth-order valence-corrected chi connectivity index (χ4v) is 2.52. The largest absolute Gasteiger partial charge is 0.489 e. The molecule has 0 bridgehead atoms. The van der Waals surface area contributed by atoms with Gasteiger partial charge < -0.3 is 4.74 Å². The highest BCUT2D eigenvalue weighted by molar-refractivity contribution is 5.88. The third-order valence-corrected chi connectivity index (χ3v) is 3.73. The van der Waals surface area contributed by atoms with E-state index >= 15 is 0 Å². The third kappa shape index (κ3) is 3.67. The third-order valence-electron chi connectivity index (χ3n) is 3.73. The maximum atomic E-state index is 11.3. The number of rotatable bonds is 5. The Kier molecular flexibility index (Phi) is 4.53. The number of ether oxygens (including phenoxy) is 1. The first kappa shape index (κ1) is 15.0. The number of hydrogen-bond acceptors (Lipinski definition) is 2. The normalized spacial score (nSPS) is 10.3. The van der Waals surface area contributed by atoms with Crippen molar-refractivity contribution < 1.29 is 9.53 Å². The van der Waals surface area contributed by atoms with Crippen LogP contribution in [0.15, 0.2) is 72.8 Å². The van der Waals surface area contributed by atoms with E-state index in [1.165, 1.54) is 0 Å². The second kappa shape index (κ2) is 6.93. The molecule has 0 saturated heterocycles. The Morgan fingerprint density at radius 1 is 0.913 bits per heavy atom. The van der Waals surface area contributed by atoms with E-state index in [1.54, 1.807) is 0 Å². The van der Waals surface area contributed by atoms with Gasteiger partial charge in [-0.3, -0.25) is 4.79 Å². The van der Waals surface area contributed by atoms with E-state index in [4.69, 9.17) is 4.74 Å². The monoisotopic (exact) mass is 302 g/mol. The van der Waals surface area contributed by atoms with Crippen molar-refractivity contribution in [1.82, 2.24) is 0 Å². The van der Waals surface area contributed by atoms with E-state index in [2.05, 4.69) is 0 Å². The molecule has 0 aliphatic carbocycles. The quantitative estimate of drug-likeness (QED) is 0.616. The number of aldehydes is 1. The van der Waals surface area contributed by atoms with Crippen molar-refractivity contribution >= 4 is 6.29 Å². The summed E-state index contributed by atoms with van der Waals surface area (Å²) in [6.45, 7) is 2.55. The van der Waals surface area contributed by atoms with Gasteiger partial charge in [0.15, 0.2) is 6.29 Å². The smallest absolute Gasteiger partial charge is 0.150 e. The number of aryl methyl sites for hydroxylation is 1. The van der Waals surface area contributed by atoms with E-state index in [1.807, 2.05) is 79.7 Å². The van der Waals surface area contributed by atoms with Gasteiger partial charge in [0.2, 0.25) is 0 Å². The van der Waals surface area contributed by atoms with E-state index in [9.17, 15) is 4.79 Å². The topological polar surface area (TPSA) is 26.3 Å². The fraction of sp³-hybridized carbons (Fsp3) is 0.0952. The van der Waals surface area contributed by atoms with Crippen LogP contribution >= 0.6 is 0 Å². The lowest BCUT2D eigenvalue weighted by Crippen LogP contribution is -1.95. The van der Waals surface area contributed by atoms with Gasteiger partial charge in [0.05, 0.1) is 0 Å². The molecule has 0 atom stereocenters. The molecule has 0 amide bonds. The Hall–Kier alpha value is -2.87. The second-order valence-electron chi connectivity index (χ2n) is 5.51. The van der Waals surface area contributed by atoms with Gasteiger partial charge in [0.25, 0.3) is 0 Å². The minimum atomic E-state index is 0.526. The van der Waals surface area contributed by atoms with E-state index in [-0.39, 0.29) is 0 Å². The molecule has 0 spiro atoms. The Balaban J connectivity index is 1.85. The van der Waals surface area contributed by atoms with Gasteiger partial charge in [-0.15, -0.1) is 0 Å². The van der Waals surface area contributed by atoms with Crippen LogP contribution in [0.4, 0.5) is 0 Å². The maximum Gasteiger partial charge on any atom is 0.150 e. The Morgan fingerprint density at radius 3 is 2.52 bits per heavy atom. The average Bonchev–Trinajstić information content (AvgIpc) is 2.61. The number of hydrogen-bond donors (Lipinski definition) is 0. The molecule has 3 aromatic rings. The lowest BCUT2D eigenvalue weighted by molar-refractivity contribution is 0.112. The van der Waals surface area contributed by atoms with Crippen LogP contribution in [-0.4, -0.2) is 6.29 Å². The molecule has 0 unspecified atom stereocenters. The summed E-state index contributed by atoms with van der Waals surface area (Å²) in [4.78, 5) is 11.3. The maximum absolute atomic E-state index is 11.3. The van der Waals surface area contributed by atoms with E-state index < -0.39 is 0 Å². The van der Waals surface area contributed by atoms with E-state index in [0.717, 1.165) is 34.3 Å². The molecule has 0 fully saturated rings. The second-order valence-corrected chi connectivity index (χ2v) is 5.51. The molecular weight excluding hydrogens is 284 g/mol. The summed E-state index contributed by atoms with van der Waals surface area (Å²) >= 11 is 0. The molecule has 114 valence electrons. The molecule has 3 aromatic carbocycles. The van der Waals surface area contributed by atoms with Gasteiger partial charge >= 0.3 is 0 Å². The lowest BCUT2D eigenvalue weighted by Gasteiger charge is -2.10. The summed E-state index contributed by atoms with van der Waals surface area (Å²) in [5, 5.41) is 0. The van der Waals surface area contributed by atoms with Crippen LogP contribution in [0.1, 0.15) is 21.5 Å². The number of benzene rings is 3. The minimum absolute atomic E-state index is 0.526. The van der Waals surface area contributed by atoms with Gasteiger partial charge in [-0.1, -0.05) is 66.2 Å². The van der Waals surface area contributed by atoms with Gasteiger partial charge in [-0.05, 0) is 35.7 Å². The molecule has 0 aliphatic rings. The standard InChI is InChI=1S/C21H18O2/c1-16-10-11-19(14-22)21(12-16)18-8-5-9-20(13-18)23-15-17-6-3-2-4-7-17/h2-14H,15H2,1H3. The zero-order valence-electron chi connectivity index (χ0n) is 13.0. The van der Waals surface area contributed by atoms with Crippen LogP contribution in [0.3, 0.4) is 0 Å². The molecular formula is C21H18O2. The van der Waals surface area contributed by atoms with Gasteiger partial charge in [-0.25, -0.2) is 0 Å². The minimum Gasteiger partial charge on any atom is -0.489 e. The van der Waals surface area contributed by atoms with Crippen LogP contribution in [0.5, 0.6) is 5.75 Å². The van der Waals surface area contributed by atoms with Crippen LogP contribution < -0.4 is 4.74 Å². The summed E-state index contributed by atoms with van der Waals surface area (Å²) in [6.07, 6.45) is 0.895. The zero-order chi connectivity index (χ0) is 16.1. The number of carbonyl (C=O) groups excluding carboxylic acids is 1. The van der Waals surface area contributed by atoms with Crippen molar-refractivity contribution in [3.63, 3.8) is 0 Å². The van der Waals surface area contributed by atoms with Crippen molar-refractivity contribution in [1.29, 1.82) is 0 Å². The average molecular weight is 302 g/mol. The van der Waals surface area contributed by atoms with Gasteiger partial charge in [0.1, 0.15) is 12.4 Å². The Labute approximate surface area is 136 Å².